The van der Waals surface area contributed by atoms with E-state index < -0.39 is 10.0 Å². The minimum absolute atomic E-state index is 0.189. The van der Waals surface area contributed by atoms with Gasteiger partial charge in [0, 0.05) is 0 Å². The summed E-state index contributed by atoms with van der Waals surface area (Å²) in [7, 11) is -3.63. The Kier molecular flexibility index (Phi) is 4.08. The number of oxime groups is 1. The van der Waals surface area contributed by atoms with Crippen molar-refractivity contribution in [2.75, 3.05) is 6.54 Å². The first-order valence-corrected chi connectivity index (χ1v) is 6.38. The molecular formula is C10H15N3O3S. The van der Waals surface area contributed by atoms with E-state index in [1.54, 1.807) is 19.1 Å². The second kappa shape index (κ2) is 5.15. The highest BCUT2D eigenvalue weighted by molar-refractivity contribution is 7.89. The zero-order valence-corrected chi connectivity index (χ0v) is 10.5. The molecule has 0 bridgehead atoms. The smallest absolute Gasteiger partial charge is 0.241 e. The lowest BCUT2D eigenvalue weighted by molar-refractivity contribution is 0.317. The zero-order valence-electron chi connectivity index (χ0n) is 9.64. The summed E-state index contributed by atoms with van der Waals surface area (Å²) in [6.45, 7) is 3.37. The molecule has 0 saturated heterocycles. The van der Waals surface area contributed by atoms with Crippen LogP contribution in [0.15, 0.2) is 28.3 Å². The molecule has 94 valence electrons. The van der Waals surface area contributed by atoms with Crippen molar-refractivity contribution in [3.8, 4) is 0 Å². The number of rotatable bonds is 4. The van der Waals surface area contributed by atoms with Crippen molar-refractivity contribution >= 4 is 15.9 Å². The number of nitrogens with zero attached hydrogens (tertiary/aromatic N) is 1. The van der Waals surface area contributed by atoms with E-state index in [1.165, 1.54) is 6.07 Å². The summed E-state index contributed by atoms with van der Waals surface area (Å²) in [4.78, 5) is 0.189. The molecule has 7 heteroatoms. The first-order valence-electron chi connectivity index (χ1n) is 4.90. The number of amidine groups is 1. The van der Waals surface area contributed by atoms with Gasteiger partial charge in [0.05, 0.1) is 11.4 Å². The summed E-state index contributed by atoms with van der Waals surface area (Å²) in [6.07, 6.45) is 0. The van der Waals surface area contributed by atoms with Gasteiger partial charge in [0.25, 0.3) is 0 Å². The van der Waals surface area contributed by atoms with Crippen LogP contribution in [0.5, 0.6) is 0 Å². The molecule has 0 aromatic heterocycles. The van der Waals surface area contributed by atoms with E-state index in [2.05, 4.69) is 9.88 Å². The Bertz CT molecular complexity index is 538. The lowest BCUT2D eigenvalue weighted by Gasteiger charge is -2.09. The summed E-state index contributed by atoms with van der Waals surface area (Å²) in [5.74, 6) is -0.196. The Morgan fingerprint density at radius 2 is 2.12 bits per heavy atom. The summed E-state index contributed by atoms with van der Waals surface area (Å²) in [5.41, 5.74) is 6.83. The van der Waals surface area contributed by atoms with Crippen molar-refractivity contribution < 1.29 is 13.6 Å². The number of sulfonamides is 1. The van der Waals surface area contributed by atoms with Crippen LogP contribution in [0.2, 0.25) is 0 Å². The lowest BCUT2D eigenvalue weighted by Crippen LogP contribution is -2.33. The summed E-state index contributed by atoms with van der Waals surface area (Å²) >= 11 is 0. The number of nitrogens with one attached hydrogen (secondary N) is 1. The van der Waals surface area contributed by atoms with Crippen LogP contribution < -0.4 is 10.5 Å². The van der Waals surface area contributed by atoms with E-state index in [9.17, 15) is 8.42 Å². The van der Waals surface area contributed by atoms with Gasteiger partial charge in [-0.1, -0.05) is 22.9 Å². The van der Waals surface area contributed by atoms with Crippen LogP contribution >= 0.6 is 0 Å². The van der Waals surface area contributed by atoms with Crippen LogP contribution in [-0.2, 0) is 10.0 Å². The molecule has 0 unspecified atom stereocenters. The molecule has 0 amide bonds. The predicted octanol–water partition coefficient (Wildman–Crippen LogP) is 0.328. The molecule has 0 radical (unpaired) electrons. The molecule has 0 aliphatic carbocycles. The maximum atomic E-state index is 11.9. The number of hydrogen-bond donors (Lipinski definition) is 3. The zero-order chi connectivity index (χ0) is 13.1. The van der Waals surface area contributed by atoms with Crippen LogP contribution in [0.25, 0.3) is 0 Å². The lowest BCUT2D eigenvalue weighted by atomic mass is 10.2. The molecule has 0 atom stereocenters. The molecule has 4 N–H and O–H groups in total. The molecule has 0 spiro atoms. The average molecular weight is 257 g/mol. The standard InChI is InChI=1S/C10H15N3O3S/c1-7-3-4-9(8(2)5-7)17(15,16)12-6-10(11)13-14/h3-5,12,14H,6H2,1-2H3,(H2,11,13). The third-order valence-corrected chi connectivity index (χ3v) is 3.75. The quantitative estimate of drug-likeness (QED) is 0.313. The summed E-state index contributed by atoms with van der Waals surface area (Å²) in [6, 6.07) is 5.02. The predicted molar refractivity (Wildman–Crippen MR) is 64.5 cm³/mol. The molecule has 1 rings (SSSR count). The van der Waals surface area contributed by atoms with Gasteiger partial charge in [-0.2, -0.15) is 0 Å². The third kappa shape index (κ3) is 3.43. The van der Waals surface area contributed by atoms with Crippen LogP contribution in [0.1, 0.15) is 11.1 Å². The molecule has 0 saturated carbocycles. The van der Waals surface area contributed by atoms with Crippen molar-refractivity contribution in [3.63, 3.8) is 0 Å². The second-order valence-electron chi connectivity index (χ2n) is 3.68. The number of hydrogen-bond acceptors (Lipinski definition) is 4. The largest absolute Gasteiger partial charge is 0.409 e. The van der Waals surface area contributed by atoms with Crippen LogP contribution in [-0.4, -0.2) is 26.0 Å². The highest BCUT2D eigenvalue weighted by Crippen LogP contribution is 2.15. The van der Waals surface area contributed by atoms with Crippen LogP contribution in [0.3, 0.4) is 0 Å². The Morgan fingerprint density at radius 1 is 1.47 bits per heavy atom. The maximum Gasteiger partial charge on any atom is 0.241 e. The number of nitrogens with two attached hydrogens (primary N) is 1. The van der Waals surface area contributed by atoms with Crippen molar-refractivity contribution in [2.45, 2.75) is 18.7 Å². The second-order valence-corrected chi connectivity index (χ2v) is 5.42. The van der Waals surface area contributed by atoms with Gasteiger partial charge in [-0.25, -0.2) is 13.1 Å². The van der Waals surface area contributed by atoms with Gasteiger partial charge in [0.1, 0.15) is 0 Å². The van der Waals surface area contributed by atoms with Gasteiger partial charge < -0.3 is 10.9 Å². The number of aryl methyl sites for hydroxylation is 2. The summed E-state index contributed by atoms with van der Waals surface area (Å²) < 4.78 is 26.0. The van der Waals surface area contributed by atoms with Gasteiger partial charge in [0.15, 0.2) is 5.84 Å². The van der Waals surface area contributed by atoms with Gasteiger partial charge >= 0.3 is 0 Å². The van der Waals surface area contributed by atoms with Crippen molar-refractivity contribution in [2.24, 2.45) is 10.9 Å². The third-order valence-electron chi connectivity index (χ3n) is 2.19. The van der Waals surface area contributed by atoms with E-state index >= 15 is 0 Å². The molecule has 17 heavy (non-hydrogen) atoms. The summed E-state index contributed by atoms with van der Waals surface area (Å²) in [5, 5.41) is 11.0. The molecule has 6 nitrogen and oxygen atoms in total. The van der Waals surface area contributed by atoms with Gasteiger partial charge in [-0.15, -0.1) is 0 Å². The molecule has 1 aromatic carbocycles. The van der Waals surface area contributed by atoms with Gasteiger partial charge in [-0.3, -0.25) is 0 Å². The van der Waals surface area contributed by atoms with Gasteiger partial charge in [0.2, 0.25) is 10.0 Å². The van der Waals surface area contributed by atoms with E-state index in [1.807, 2.05) is 6.92 Å². The first-order chi connectivity index (χ1) is 7.86. The number of benzene rings is 1. The van der Waals surface area contributed by atoms with Crippen molar-refractivity contribution in [3.05, 3.63) is 29.3 Å². The Morgan fingerprint density at radius 3 is 2.65 bits per heavy atom. The fourth-order valence-corrected chi connectivity index (χ4v) is 2.61. The van der Waals surface area contributed by atoms with Crippen molar-refractivity contribution in [1.82, 2.24) is 4.72 Å². The maximum absolute atomic E-state index is 11.9. The van der Waals surface area contributed by atoms with E-state index in [4.69, 9.17) is 10.9 Å². The van der Waals surface area contributed by atoms with Crippen molar-refractivity contribution in [1.29, 1.82) is 0 Å². The molecule has 1 aromatic rings. The van der Waals surface area contributed by atoms with E-state index in [0.717, 1.165) is 5.56 Å². The minimum Gasteiger partial charge on any atom is -0.409 e. The van der Waals surface area contributed by atoms with Gasteiger partial charge in [-0.05, 0) is 25.5 Å². The monoisotopic (exact) mass is 257 g/mol. The molecule has 0 aliphatic rings. The minimum atomic E-state index is -3.63. The highest BCUT2D eigenvalue weighted by Gasteiger charge is 2.16. The molecular weight excluding hydrogens is 242 g/mol. The Labute approximate surface area is 100 Å². The van der Waals surface area contributed by atoms with E-state index in [-0.39, 0.29) is 17.3 Å². The molecule has 0 heterocycles. The topological polar surface area (TPSA) is 105 Å². The fraction of sp³-hybridized carbons (Fsp3) is 0.300. The first kappa shape index (κ1) is 13.5. The SMILES string of the molecule is Cc1ccc(S(=O)(=O)NC/C(N)=N/O)c(C)c1. The fourth-order valence-electron chi connectivity index (χ4n) is 1.38. The Balaban J connectivity index is 2.98. The molecule has 0 aliphatic heterocycles. The Hall–Kier alpha value is -1.60. The van der Waals surface area contributed by atoms with E-state index in [0.29, 0.717) is 5.56 Å². The average Bonchev–Trinajstić information content (AvgIpc) is 2.25. The van der Waals surface area contributed by atoms with Crippen LogP contribution in [0, 0.1) is 13.8 Å². The highest BCUT2D eigenvalue weighted by atomic mass is 32.2. The normalized spacial score (nSPS) is 12.7. The van der Waals surface area contributed by atoms with Crippen LogP contribution in [0.4, 0.5) is 0 Å². The molecule has 0 fully saturated rings.